The van der Waals surface area contributed by atoms with Gasteiger partial charge in [0.1, 0.15) is 12.4 Å². The Bertz CT molecular complexity index is 1130. The lowest BCUT2D eigenvalue weighted by Gasteiger charge is -2.16. The third kappa shape index (κ3) is 3.59. The summed E-state index contributed by atoms with van der Waals surface area (Å²) in [7, 11) is 1.41. The van der Waals surface area contributed by atoms with Crippen LogP contribution in [0.2, 0.25) is 0 Å². The molecule has 7 nitrogen and oxygen atoms in total. The summed E-state index contributed by atoms with van der Waals surface area (Å²) in [5, 5.41) is 7.34. The number of alkyl halides is 3. The lowest BCUT2D eigenvalue weighted by atomic mass is 10.1. The van der Waals surface area contributed by atoms with Gasteiger partial charge in [-0.05, 0) is 41.1 Å². The normalized spacial score (nSPS) is 11.3. The van der Waals surface area contributed by atoms with Crippen molar-refractivity contribution in [2.75, 3.05) is 0 Å². The molecule has 0 aliphatic rings. The van der Waals surface area contributed by atoms with Gasteiger partial charge in [-0.15, -0.1) is 0 Å². The fraction of sp³-hybridized carbons (Fsp3) is 0.222. The van der Waals surface area contributed by atoms with E-state index in [1.165, 1.54) is 31.3 Å². The number of nitrogens with zero attached hydrogens (tertiary/aromatic N) is 5. The van der Waals surface area contributed by atoms with Crippen LogP contribution in [0, 0.1) is 13.5 Å². The molecule has 144 valence electrons. The highest BCUT2D eigenvalue weighted by atomic mass is 19.4. The van der Waals surface area contributed by atoms with Crippen molar-refractivity contribution in [2.24, 2.45) is 7.05 Å². The van der Waals surface area contributed by atoms with Crippen molar-refractivity contribution in [3.8, 4) is 11.4 Å². The van der Waals surface area contributed by atoms with Crippen LogP contribution in [-0.2, 0) is 19.8 Å². The largest absolute Gasteiger partial charge is 0.489 e. The van der Waals surface area contributed by atoms with Crippen molar-refractivity contribution in [1.29, 1.82) is 0 Å². The summed E-state index contributed by atoms with van der Waals surface area (Å²) in [6, 6.07) is 8.10. The monoisotopic (exact) mass is 389 g/mol. The van der Waals surface area contributed by atoms with Gasteiger partial charge in [0.15, 0.2) is 5.69 Å². The van der Waals surface area contributed by atoms with Crippen molar-refractivity contribution >= 4 is 5.69 Å². The zero-order chi connectivity index (χ0) is 20.5. The molecule has 0 atom stereocenters. The zero-order valence-corrected chi connectivity index (χ0v) is 14.9. The number of rotatable bonds is 4. The molecule has 0 aliphatic heterocycles. The van der Waals surface area contributed by atoms with Crippen molar-refractivity contribution in [3.05, 3.63) is 75.0 Å². The molecule has 0 spiro atoms. The van der Waals surface area contributed by atoms with Crippen molar-refractivity contribution in [3.63, 3.8) is 0 Å². The lowest BCUT2D eigenvalue weighted by molar-refractivity contribution is -0.139. The van der Waals surface area contributed by atoms with Gasteiger partial charge >= 0.3 is 11.9 Å². The molecular weight excluding hydrogens is 375 g/mol. The van der Waals surface area contributed by atoms with Crippen molar-refractivity contribution in [1.82, 2.24) is 19.8 Å². The van der Waals surface area contributed by atoms with Crippen LogP contribution in [0.1, 0.15) is 16.7 Å². The molecule has 0 amide bonds. The Morgan fingerprint density at radius 2 is 1.96 bits per heavy atom. The molecule has 3 rings (SSSR count). The van der Waals surface area contributed by atoms with E-state index < -0.39 is 17.4 Å². The first-order chi connectivity index (χ1) is 13.2. The van der Waals surface area contributed by atoms with Gasteiger partial charge < -0.3 is 4.74 Å². The number of tetrazole rings is 1. The summed E-state index contributed by atoms with van der Waals surface area (Å²) < 4.78 is 47.2. The van der Waals surface area contributed by atoms with E-state index in [9.17, 15) is 18.0 Å². The molecule has 2 aromatic carbocycles. The van der Waals surface area contributed by atoms with E-state index in [0.29, 0.717) is 5.56 Å². The van der Waals surface area contributed by atoms with Gasteiger partial charge in [-0.25, -0.2) is 9.64 Å². The molecule has 0 saturated heterocycles. The maximum atomic E-state index is 13.3. The van der Waals surface area contributed by atoms with E-state index >= 15 is 0 Å². The predicted molar refractivity (Wildman–Crippen MR) is 93.4 cm³/mol. The average Bonchev–Trinajstić information content (AvgIpc) is 2.97. The Hall–Kier alpha value is -3.61. The molecule has 28 heavy (non-hydrogen) atoms. The topological polar surface area (TPSA) is 66.3 Å². The SMILES string of the molecule is [C-]#[N+]c1cccc(-n2nnn(C)c2=O)c1COc1cc(C)ccc1C(F)(F)F. The summed E-state index contributed by atoms with van der Waals surface area (Å²) >= 11 is 0. The summed E-state index contributed by atoms with van der Waals surface area (Å²) in [5.41, 5.74) is -0.308. The van der Waals surface area contributed by atoms with Gasteiger partial charge in [0.25, 0.3) is 0 Å². The van der Waals surface area contributed by atoms with Crippen LogP contribution in [0.5, 0.6) is 5.75 Å². The second-order valence-corrected chi connectivity index (χ2v) is 5.97. The van der Waals surface area contributed by atoms with E-state index in [1.807, 2.05) is 0 Å². The average molecular weight is 389 g/mol. The Morgan fingerprint density at radius 3 is 2.57 bits per heavy atom. The second-order valence-electron chi connectivity index (χ2n) is 5.97. The number of halogens is 3. The lowest BCUT2D eigenvalue weighted by Crippen LogP contribution is -2.23. The fourth-order valence-electron chi connectivity index (χ4n) is 2.61. The predicted octanol–water partition coefficient (Wildman–Crippen LogP) is 3.42. The Morgan fingerprint density at radius 1 is 1.21 bits per heavy atom. The molecule has 1 heterocycles. The molecule has 3 aromatic rings. The Labute approximate surface area is 157 Å². The summed E-state index contributed by atoms with van der Waals surface area (Å²) in [6.45, 7) is 8.61. The van der Waals surface area contributed by atoms with Crippen LogP contribution in [0.3, 0.4) is 0 Å². The van der Waals surface area contributed by atoms with Crippen LogP contribution in [0.4, 0.5) is 18.9 Å². The van der Waals surface area contributed by atoms with E-state index in [4.69, 9.17) is 11.3 Å². The van der Waals surface area contributed by atoms with Crippen molar-refractivity contribution in [2.45, 2.75) is 19.7 Å². The second kappa shape index (κ2) is 7.19. The highest BCUT2D eigenvalue weighted by Gasteiger charge is 2.34. The molecule has 0 aliphatic carbocycles. The first-order valence-corrected chi connectivity index (χ1v) is 8.01. The van der Waals surface area contributed by atoms with Gasteiger partial charge in [0.05, 0.1) is 17.8 Å². The van der Waals surface area contributed by atoms with Crippen LogP contribution in [-0.4, -0.2) is 19.8 Å². The molecule has 0 fully saturated rings. The first-order valence-electron chi connectivity index (χ1n) is 8.01. The molecule has 1 aromatic heterocycles. The van der Waals surface area contributed by atoms with Gasteiger partial charge in [-0.1, -0.05) is 18.2 Å². The summed E-state index contributed by atoms with van der Waals surface area (Å²) in [5.74, 6) is -0.357. The van der Waals surface area contributed by atoms with Crippen LogP contribution < -0.4 is 10.4 Å². The van der Waals surface area contributed by atoms with Crippen LogP contribution in [0.25, 0.3) is 10.5 Å². The van der Waals surface area contributed by atoms with E-state index in [1.54, 1.807) is 13.0 Å². The highest BCUT2D eigenvalue weighted by Crippen LogP contribution is 2.37. The smallest absolute Gasteiger partial charge is 0.419 e. The van der Waals surface area contributed by atoms with E-state index in [-0.39, 0.29) is 29.3 Å². The standard InChI is InChI=1S/C18H14F3N5O2/c1-11-7-8-13(18(19,20)21)16(9-11)28-10-12-14(22-2)5-4-6-15(12)26-17(27)25(3)23-24-26/h4-9H,10H2,1,3H3. The molecule has 10 heteroatoms. The molecule has 0 unspecified atom stereocenters. The zero-order valence-electron chi connectivity index (χ0n) is 14.9. The van der Waals surface area contributed by atoms with Gasteiger partial charge in [0.2, 0.25) is 0 Å². The molecule has 0 radical (unpaired) electrons. The number of hydrogen-bond acceptors (Lipinski definition) is 4. The minimum atomic E-state index is -4.59. The minimum absolute atomic E-state index is 0.135. The van der Waals surface area contributed by atoms with Gasteiger partial charge in [-0.3, -0.25) is 0 Å². The fourth-order valence-corrected chi connectivity index (χ4v) is 2.61. The summed E-state index contributed by atoms with van der Waals surface area (Å²) in [4.78, 5) is 15.5. The van der Waals surface area contributed by atoms with Gasteiger partial charge in [0, 0.05) is 12.6 Å². The highest BCUT2D eigenvalue weighted by molar-refractivity contribution is 5.60. The Kier molecular flexibility index (Phi) is 4.92. The minimum Gasteiger partial charge on any atom is -0.489 e. The van der Waals surface area contributed by atoms with Gasteiger partial charge in [-0.2, -0.15) is 22.5 Å². The molecular formula is C18H14F3N5O2. The molecule has 0 N–H and O–H groups in total. The number of aryl methyl sites for hydroxylation is 2. The van der Waals surface area contributed by atoms with E-state index in [0.717, 1.165) is 15.4 Å². The number of aromatic nitrogens is 4. The third-order valence-corrected chi connectivity index (χ3v) is 4.01. The van der Waals surface area contributed by atoms with Crippen molar-refractivity contribution < 1.29 is 17.9 Å². The molecule has 0 bridgehead atoms. The maximum absolute atomic E-state index is 13.3. The van der Waals surface area contributed by atoms with Crippen LogP contribution >= 0.6 is 0 Å². The maximum Gasteiger partial charge on any atom is 0.419 e. The quantitative estimate of drug-likeness (QED) is 0.642. The number of hydrogen-bond donors (Lipinski definition) is 0. The summed E-state index contributed by atoms with van der Waals surface area (Å²) in [6.07, 6.45) is -4.59. The van der Waals surface area contributed by atoms with E-state index in [2.05, 4.69) is 15.3 Å². The number of ether oxygens (including phenoxy) is 1. The first kappa shape index (κ1) is 19.2. The molecule has 0 saturated carbocycles. The number of benzene rings is 2. The third-order valence-electron chi connectivity index (χ3n) is 4.01. The Balaban J connectivity index is 2.05. The van der Waals surface area contributed by atoms with Crippen LogP contribution in [0.15, 0.2) is 41.2 Å².